The van der Waals surface area contributed by atoms with E-state index in [0.717, 1.165) is 11.1 Å². The fourth-order valence-electron chi connectivity index (χ4n) is 3.84. The number of hydrogen-bond donors (Lipinski definition) is 0. The molecule has 33 heavy (non-hydrogen) atoms. The topological polar surface area (TPSA) is 86.6 Å². The van der Waals surface area contributed by atoms with E-state index < -0.39 is 0 Å². The van der Waals surface area contributed by atoms with E-state index in [0.29, 0.717) is 39.3 Å². The molecule has 0 fully saturated rings. The summed E-state index contributed by atoms with van der Waals surface area (Å²) >= 11 is 2.85. The Morgan fingerprint density at radius 2 is 1.79 bits per heavy atom. The van der Waals surface area contributed by atoms with Gasteiger partial charge in [-0.2, -0.15) is 0 Å². The fourth-order valence-corrected chi connectivity index (χ4v) is 5.41. The maximum absolute atomic E-state index is 13.3. The number of fused-ring (bicyclic) bond motifs is 4. The third-order valence-electron chi connectivity index (χ3n) is 5.37. The van der Waals surface area contributed by atoms with Crippen molar-refractivity contribution >= 4 is 44.7 Å². The number of benzene rings is 2. The molecular formula is C23H16N6O2S2. The van der Waals surface area contributed by atoms with Gasteiger partial charge in [0.2, 0.25) is 5.78 Å². The van der Waals surface area contributed by atoms with Crippen LogP contribution in [0.2, 0.25) is 0 Å². The predicted octanol–water partition coefficient (Wildman–Crippen LogP) is 3.45. The summed E-state index contributed by atoms with van der Waals surface area (Å²) in [7, 11) is 0. The summed E-state index contributed by atoms with van der Waals surface area (Å²) < 4.78 is 5.08. The van der Waals surface area contributed by atoms with Crippen LogP contribution in [0.1, 0.15) is 11.3 Å². The maximum Gasteiger partial charge on any atom is 0.263 e. The molecule has 0 saturated heterocycles. The summed E-state index contributed by atoms with van der Waals surface area (Å²) in [6.07, 6.45) is 1.72. The molecule has 0 saturated carbocycles. The first-order valence-electron chi connectivity index (χ1n) is 10.2. The summed E-state index contributed by atoms with van der Waals surface area (Å²) in [6, 6.07) is 18.8. The molecule has 6 aromatic rings. The second-order valence-electron chi connectivity index (χ2n) is 7.44. The van der Waals surface area contributed by atoms with Crippen molar-refractivity contribution in [3.8, 4) is 0 Å². The van der Waals surface area contributed by atoms with Crippen molar-refractivity contribution in [2.75, 3.05) is 0 Å². The van der Waals surface area contributed by atoms with Crippen LogP contribution in [0.3, 0.4) is 0 Å². The van der Waals surface area contributed by atoms with Crippen LogP contribution < -0.4 is 11.1 Å². The molecule has 4 aromatic heterocycles. The van der Waals surface area contributed by atoms with Gasteiger partial charge in [-0.3, -0.25) is 23.0 Å². The zero-order chi connectivity index (χ0) is 22.4. The average molecular weight is 473 g/mol. The van der Waals surface area contributed by atoms with Gasteiger partial charge in [-0.1, -0.05) is 54.2 Å². The maximum atomic E-state index is 13.3. The molecule has 6 rings (SSSR count). The lowest BCUT2D eigenvalue weighted by Crippen LogP contribution is -2.24. The van der Waals surface area contributed by atoms with E-state index in [9.17, 15) is 9.59 Å². The van der Waals surface area contributed by atoms with Crippen LogP contribution in [0, 0.1) is 0 Å². The number of hydrogen-bond acceptors (Lipinski definition) is 7. The third kappa shape index (κ3) is 3.43. The number of nitrogens with zero attached hydrogens (tertiary/aromatic N) is 6. The molecule has 0 bridgehead atoms. The molecular weight excluding hydrogens is 456 g/mol. The fraction of sp³-hybridized carbons (Fsp3) is 0.0870. The molecule has 162 valence electrons. The Labute approximate surface area is 194 Å². The lowest BCUT2D eigenvalue weighted by molar-refractivity contribution is 0.764. The Balaban J connectivity index is 1.46. The van der Waals surface area contributed by atoms with Crippen molar-refractivity contribution in [1.82, 2.24) is 28.5 Å². The largest absolute Gasteiger partial charge is 0.272 e. The van der Waals surface area contributed by atoms with Gasteiger partial charge >= 0.3 is 0 Å². The average Bonchev–Trinajstić information content (AvgIpc) is 3.49. The van der Waals surface area contributed by atoms with Gasteiger partial charge < -0.3 is 0 Å². The van der Waals surface area contributed by atoms with Gasteiger partial charge in [-0.25, -0.2) is 4.98 Å². The highest BCUT2D eigenvalue weighted by atomic mass is 32.2. The molecule has 0 N–H and O–H groups in total. The predicted molar refractivity (Wildman–Crippen MR) is 129 cm³/mol. The minimum atomic E-state index is -0.108. The molecule has 0 amide bonds. The lowest BCUT2D eigenvalue weighted by atomic mass is 10.2. The van der Waals surface area contributed by atoms with Crippen LogP contribution in [0.15, 0.2) is 87.0 Å². The molecule has 4 heterocycles. The van der Waals surface area contributed by atoms with Crippen LogP contribution in [0.5, 0.6) is 0 Å². The smallest absolute Gasteiger partial charge is 0.263 e. The zero-order valence-corrected chi connectivity index (χ0v) is 18.8. The Kier molecular flexibility index (Phi) is 4.81. The first-order valence-corrected chi connectivity index (χ1v) is 12.0. The Hall–Kier alpha value is -3.76. The zero-order valence-electron chi connectivity index (χ0n) is 17.2. The van der Waals surface area contributed by atoms with Crippen LogP contribution in [-0.4, -0.2) is 28.5 Å². The van der Waals surface area contributed by atoms with E-state index in [4.69, 9.17) is 0 Å². The highest BCUT2D eigenvalue weighted by Gasteiger charge is 2.17. The molecule has 0 aliphatic heterocycles. The SMILES string of the molecule is O=c1c2ccccc2n2c(SCc3cc(=O)n4ccsc4n3)nnc2n1Cc1ccccc1. The summed E-state index contributed by atoms with van der Waals surface area (Å²) in [6.45, 7) is 0.393. The van der Waals surface area contributed by atoms with E-state index in [1.807, 2.05) is 64.4 Å². The van der Waals surface area contributed by atoms with Crippen LogP contribution >= 0.6 is 23.1 Å². The number of para-hydroxylation sites is 1. The van der Waals surface area contributed by atoms with Gasteiger partial charge in [0.15, 0.2) is 10.1 Å². The van der Waals surface area contributed by atoms with Crippen LogP contribution in [0.25, 0.3) is 21.6 Å². The molecule has 2 aromatic carbocycles. The molecule has 0 aliphatic carbocycles. The summed E-state index contributed by atoms with van der Waals surface area (Å²) in [5, 5.41) is 11.8. The molecule has 0 aliphatic rings. The highest BCUT2D eigenvalue weighted by Crippen LogP contribution is 2.24. The van der Waals surface area contributed by atoms with Gasteiger partial charge in [-0.05, 0) is 17.7 Å². The third-order valence-corrected chi connectivity index (χ3v) is 7.09. The second kappa shape index (κ2) is 7.98. The quantitative estimate of drug-likeness (QED) is 0.357. The number of thiazole rings is 1. The number of rotatable bonds is 5. The second-order valence-corrected chi connectivity index (χ2v) is 9.26. The standard InChI is InChI=1S/C23H16N6O2S2/c30-19-12-16(24-22-27(19)10-11-32-22)14-33-23-26-25-21-28(13-15-6-2-1-3-7-15)20(31)17-8-4-5-9-18(17)29(21)23/h1-12H,13-14H2. The molecule has 0 atom stereocenters. The van der Waals surface area contributed by atoms with E-state index >= 15 is 0 Å². The molecule has 10 heteroatoms. The van der Waals surface area contributed by atoms with Gasteiger partial charge in [0.05, 0.1) is 23.1 Å². The first kappa shape index (κ1) is 19.9. The van der Waals surface area contributed by atoms with Crippen molar-refractivity contribution in [3.05, 3.63) is 104 Å². The normalized spacial score (nSPS) is 11.6. The van der Waals surface area contributed by atoms with Crippen molar-refractivity contribution < 1.29 is 0 Å². The van der Waals surface area contributed by atoms with E-state index in [1.54, 1.807) is 16.8 Å². The summed E-state index contributed by atoms with van der Waals surface area (Å²) in [5.74, 6) is 0.933. The molecule has 8 nitrogen and oxygen atoms in total. The minimum Gasteiger partial charge on any atom is -0.272 e. The van der Waals surface area contributed by atoms with Gasteiger partial charge in [0.1, 0.15) is 0 Å². The molecule has 0 unspecified atom stereocenters. The summed E-state index contributed by atoms with van der Waals surface area (Å²) in [4.78, 5) is 30.8. The Morgan fingerprint density at radius 1 is 0.970 bits per heavy atom. The van der Waals surface area contributed by atoms with E-state index in [-0.39, 0.29) is 11.1 Å². The van der Waals surface area contributed by atoms with Crippen molar-refractivity contribution in [2.45, 2.75) is 17.5 Å². The monoisotopic (exact) mass is 472 g/mol. The molecule has 0 radical (unpaired) electrons. The van der Waals surface area contributed by atoms with Gasteiger partial charge in [0, 0.05) is 23.4 Å². The van der Waals surface area contributed by atoms with Crippen LogP contribution in [-0.2, 0) is 12.3 Å². The first-order chi connectivity index (χ1) is 16.2. The van der Waals surface area contributed by atoms with Crippen molar-refractivity contribution in [1.29, 1.82) is 0 Å². The van der Waals surface area contributed by atoms with E-state index in [1.165, 1.54) is 27.5 Å². The van der Waals surface area contributed by atoms with Crippen molar-refractivity contribution in [2.24, 2.45) is 0 Å². The van der Waals surface area contributed by atoms with E-state index in [2.05, 4.69) is 15.2 Å². The Morgan fingerprint density at radius 3 is 2.67 bits per heavy atom. The lowest BCUT2D eigenvalue weighted by Gasteiger charge is -2.11. The van der Waals surface area contributed by atoms with Gasteiger partial charge in [0.25, 0.3) is 11.1 Å². The molecule has 0 spiro atoms. The number of aromatic nitrogens is 6. The van der Waals surface area contributed by atoms with Crippen molar-refractivity contribution in [3.63, 3.8) is 0 Å². The summed E-state index contributed by atoms with van der Waals surface area (Å²) in [5.41, 5.74) is 2.21. The Bertz CT molecular complexity index is 1750. The minimum absolute atomic E-state index is 0.106. The van der Waals surface area contributed by atoms with Gasteiger partial charge in [-0.15, -0.1) is 21.5 Å². The highest BCUT2D eigenvalue weighted by molar-refractivity contribution is 7.98. The van der Waals surface area contributed by atoms with Crippen LogP contribution in [0.4, 0.5) is 0 Å². The number of thioether (sulfide) groups is 1.